The predicted octanol–water partition coefficient (Wildman–Crippen LogP) is 8.61. The molecule has 4 heteroatoms. The van der Waals surface area contributed by atoms with Gasteiger partial charge in [0, 0.05) is 24.3 Å². The lowest BCUT2D eigenvalue weighted by molar-refractivity contribution is 1.35. The molecule has 4 bridgehead atoms. The molecule has 1 aliphatic heterocycles. The largest absolute Gasteiger partial charge is 0.258 e. The van der Waals surface area contributed by atoms with Crippen molar-refractivity contribution in [1.29, 1.82) is 0 Å². The molecule has 5 rings (SSSR count). The number of rotatable bonds is 2. The molecule has 176 valence electrons. The van der Waals surface area contributed by atoms with E-state index in [1.54, 1.807) is 0 Å². The summed E-state index contributed by atoms with van der Waals surface area (Å²) in [5, 5.41) is 0. The fraction of sp³-hybridized carbons (Fsp3) is 0.125. The van der Waals surface area contributed by atoms with E-state index in [1.165, 1.54) is 0 Å². The number of nitrogens with zero attached hydrogens (tertiary/aromatic N) is 4. The summed E-state index contributed by atoms with van der Waals surface area (Å²) in [6, 6.07) is 36.7. The third kappa shape index (κ3) is 5.97. The maximum absolute atomic E-state index is 5.04. The first-order valence-corrected chi connectivity index (χ1v) is 12.2. The standard InChI is InChI=1S/C32H28N4/c1-23-19-31(25-11-5-3-6-12-25)35-30-18-10-16-28(22-30)34-24(2)20-32(26-13-7-4-8-14-26)36-29-17-9-15-27(21-29)33-23/h3-18,21-22H,19-20H2,1-2H3. The fourth-order valence-electron chi connectivity index (χ4n) is 4.25. The van der Waals surface area contributed by atoms with Crippen molar-refractivity contribution in [3.63, 3.8) is 0 Å². The molecule has 0 unspecified atom stereocenters. The van der Waals surface area contributed by atoms with E-state index in [2.05, 4.69) is 38.1 Å². The van der Waals surface area contributed by atoms with Gasteiger partial charge >= 0.3 is 0 Å². The van der Waals surface area contributed by atoms with Crippen molar-refractivity contribution in [2.45, 2.75) is 26.7 Å². The number of aliphatic imine (C=N–C) groups is 4. The molecular weight excluding hydrogens is 440 g/mol. The van der Waals surface area contributed by atoms with Gasteiger partial charge in [0.15, 0.2) is 0 Å². The molecule has 36 heavy (non-hydrogen) atoms. The normalized spacial score (nSPS) is 14.3. The zero-order valence-electron chi connectivity index (χ0n) is 20.6. The number of hydrogen-bond acceptors (Lipinski definition) is 4. The molecule has 0 aromatic heterocycles. The van der Waals surface area contributed by atoms with E-state index in [0.717, 1.165) is 56.7 Å². The first-order chi connectivity index (χ1) is 17.6. The third-order valence-corrected chi connectivity index (χ3v) is 5.89. The SMILES string of the molecule is CC1=Nc2cccc(c2)N=C(c2ccccc2)CC(C)=Nc2cccc(c2)N=C(c2ccccc2)C1. The van der Waals surface area contributed by atoms with Gasteiger partial charge in [-0.15, -0.1) is 0 Å². The van der Waals surface area contributed by atoms with Crippen LogP contribution in [0.15, 0.2) is 129 Å². The van der Waals surface area contributed by atoms with Gasteiger partial charge in [-0.2, -0.15) is 0 Å². The summed E-state index contributed by atoms with van der Waals surface area (Å²) in [5.41, 5.74) is 9.61. The molecule has 4 nitrogen and oxygen atoms in total. The Bertz CT molecular complexity index is 1360. The van der Waals surface area contributed by atoms with Crippen molar-refractivity contribution in [3.05, 3.63) is 120 Å². The second-order valence-corrected chi connectivity index (χ2v) is 8.94. The highest BCUT2D eigenvalue weighted by atomic mass is 14.8. The van der Waals surface area contributed by atoms with Gasteiger partial charge in [-0.05, 0) is 61.4 Å². The van der Waals surface area contributed by atoms with Crippen LogP contribution in [0.5, 0.6) is 0 Å². The average molecular weight is 469 g/mol. The van der Waals surface area contributed by atoms with Crippen molar-refractivity contribution in [2.24, 2.45) is 20.0 Å². The molecule has 0 aliphatic carbocycles. The lowest BCUT2D eigenvalue weighted by Crippen LogP contribution is -2.07. The Morgan fingerprint density at radius 1 is 0.417 bits per heavy atom. The Hall–Kier alpha value is -4.44. The number of fused-ring (bicyclic) bond motifs is 4. The van der Waals surface area contributed by atoms with Crippen LogP contribution in [-0.2, 0) is 0 Å². The van der Waals surface area contributed by atoms with E-state index in [-0.39, 0.29) is 0 Å². The van der Waals surface area contributed by atoms with Crippen molar-refractivity contribution in [2.75, 3.05) is 0 Å². The Morgan fingerprint density at radius 2 is 0.778 bits per heavy atom. The summed E-state index contributed by atoms with van der Waals surface area (Å²) in [6.07, 6.45) is 1.28. The highest BCUT2D eigenvalue weighted by Gasteiger charge is 2.10. The zero-order valence-corrected chi connectivity index (χ0v) is 20.6. The molecule has 0 N–H and O–H groups in total. The van der Waals surface area contributed by atoms with Crippen molar-refractivity contribution in [3.8, 4) is 0 Å². The van der Waals surface area contributed by atoms with E-state index < -0.39 is 0 Å². The van der Waals surface area contributed by atoms with Crippen LogP contribution in [0.3, 0.4) is 0 Å². The van der Waals surface area contributed by atoms with Gasteiger partial charge in [-0.3, -0.25) is 20.0 Å². The van der Waals surface area contributed by atoms with E-state index in [1.807, 2.05) is 84.9 Å². The van der Waals surface area contributed by atoms with Gasteiger partial charge in [0.1, 0.15) is 0 Å². The summed E-state index contributed by atoms with van der Waals surface area (Å²) in [7, 11) is 0. The van der Waals surface area contributed by atoms with Crippen LogP contribution < -0.4 is 0 Å². The second-order valence-electron chi connectivity index (χ2n) is 8.94. The van der Waals surface area contributed by atoms with Crippen molar-refractivity contribution in [1.82, 2.24) is 0 Å². The molecule has 0 saturated carbocycles. The Morgan fingerprint density at radius 3 is 1.17 bits per heavy atom. The van der Waals surface area contributed by atoms with Gasteiger partial charge in [0.25, 0.3) is 0 Å². The Labute approximate surface area is 212 Å². The highest BCUT2D eigenvalue weighted by Crippen LogP contribution is 2.26. The molecule has 0 amide bonds. The minimum Gasteiger partial charge on any atom is -0.258 e. The van der Waals surface area contributed by atoms with Crippen LogP contribution in [0.1, 0.15) is 37.8 Å². The number of hydrogen-bond donors (Lipinski definition) is 0. The molecule has 1 heterocycles. The zero-order chi connectivity index (χ0) is 24.7. The van der Waals surface area contributed by atoms with E-state index in [9.17, 15) is 0 Å². The van der Waals surface area contributed by atoms with Gasteiger partial charge < -0.3 is 0 Å². The molecular formula is C32H28N4. The maximum atomic E-state index is 5.04. The monoisotopic (exact) mass is 468 g/mol. The smallest absolute Gasteiger partial charge is 0.0654 e. The summed E-state index contributed by atoms with van der Waals surface area (Å²) in [6.45, 7) is 4.11. The lowest BCUT2D eigenvalue weighted by atomic mass is 10.0. The number of benzene rings is 4. The van der Waals surface area contributed by atoms with E-state index >= 15 is 0 Å². The predicted molar refractivity (Wildman–Crippen MR) is 153 cm³/mol. The summed E-state index contributed by atoms with van der Waals surface area (Å²) < 4.78 is 0. The lowest BCUT2D eigenvalue weighted by Gasteiger charge is -2.10. The minimum atomic E-state index is 0.638. The van der Waals surface area contributed by atoms with Crippen LogP contribution in [0, 0.1) is 0 Å². The minimum absolute atomic E-state index is 0.638. The molecule has 0 spiro atoms. The first-order valence-electron chi connectivity index (χ1n) is 12.2. The van der Waals surface area contributed by atoms with E-state index in [0.29, 0.717) is 12.8 Å². The van der Waals surface area contributed by atoms with Gasteiger partial charge in [0.2, 0.25) is 0 Å². The Balaban J connectivity index is 1.65. The van der Waals surface area contributed by atoms with E-state index in [4.69, 9.17) is 20.0 Å². The fourth-order valence-corrected chi connectivity index (χ4v) is 4.25. The van der Waals surface area contributed by atoms with Gasteiger partial charge in [-0.1, -0.05) is 72.8 Å². The van der Waals surface area contributed by atoms with Gasteiger partial charge in [-0.25, -0.2) is 0 Å². The molecule has 0 saturated heterocycles. The average Bonchev–Trinajstić information content (AvgIpc) is 2.89. The summed E-state index contributed by atoms with van der Waals surface area (Å²) in [5.74, 6) is 0. The molecule has 0 fully saturated rings. The molecule has 0 atom stereocenters. The van der Waals surface area contributed by atoms with Crippen molar-refractivity contribution < 1.29 is 0 Å². The molecule has 4 aromatic carbocycles. The summed E-state index contributed by atoms with van der Waals surface area (Å²) in [4.78, 5) is 19.9. The quantitative estimate of drug-likeness (QED) is 0.283. The van der Waals surface area contributed by atoms with Crippen LogP contribution >= 0.6 is 0 Å². The van der Waals surface area contributed by atoms with Crippen LogP contribution in [0.25, 0.3) is 0 Å². The van der Waals surface area contributed by atoms with Crippen LogP contribution in [0.2, 0.25) is 0 Å². The molecule has 4 aromatic rings. The van der Waals surface area contributed by atoms with Crippen molar-refractivity contribution >= 4 is 45.6 Å². The topological polar surface area (TPSA) is 49.4 Å². The Kier molecular flexibility index (Phi) is 7.04. The second kappa shape index (κ2) is 10.9. The summed E-state index contributed by atoms with van der Waals surface area (Å²) >= 11 is 0. The highest BCUT2D eigenvalue weighted by molar-refractivity contribution is 6.14. The maximum Gasteiger partial charge on any atom is 0.0654 e. The van der Waals surface area contributed by atoms with Crippen LogP contribution in [-0.4, -0.2) is 22.8 Å². The first kappa shape index (κ1) is 23.3. The van der Waals surface area contributed by atoms with Crippen LogP contribution in [0.4, 0.5) is 22.7 Å². The molecule has 0 radical (unpaired) electrons. The third-order valence-electron chi connectivity index (χ3n) is 5.89. The molecule has 1 aliphatic rings. The van der Waals surface area contributed by atoms with Gasteiger partial charge in [0.05, 0.1) is 34.2 Å².